The quantitative estimate of drug-likeness (QED) is 0.0231. The van der Waals surface area contributed by atoms with Gasteiger partial charge in [0, 0.05) is 69.3 Å². The minimum absolute atomic E-state index is 0.00940. The van der Waals surface area contributed by atoms with Crippen LogP contribution < -0.4 is 14.8 Å². The van der Waals surface area contributed by atoms with Gasteiger partial charge in [-0.1, -0.05) is 94.9 Å². The Balaban J connectivity index is 1.36. The third-order valence-electron chi connectivity index (χ3n) is 14.4. The summed E-state index contributed by atoms with van der Waals surface area (Å²) in [6.45, 7) is 7.54. The molecule has 1 saturated carbocycles. The molecular formula is C55H78N4O11. The van der Waals surface area contributed by atoms with E-state index in [2.05, 4.69) is 24.9 Å². The lowest BCUT2D eigenvalue weighted by molar-refractivity contribution is -0.384. The normalized spacial score (nSPS) is 24.2. The number of nitro benzene ring substituents is 1. The van der Waals surface area contributed by atoms with Crippen LogP contribution in [0.3, 0.4) is 0 Å². The highest BCUT2D eigenvalue weighted by Gasteiger charge is 2.65. The number of rotatable bonds is 29. The number of nitrogens with zero attached hydrogens (tertiary/aromatic N) is 3. The second-order valence-corrected chi connectivity index (χ2v) is 19.3. The van der Waals surface area contributed by atoms with Gasteiger partial charge in [-0.05, 0) is 104 Å². The van der Waals surface area contributed by atoms with Gasteiger partial charge in [0.1, 0.15) is 17.5 Å². The molecule has 0 spiro atoms. The maximum Gasteiger partial charge on any atom is 0.412 e. The van der Waals surface area contributed by atoms with Gasteiger partial charge in [0.05, 0.1) is 29.8 Å². The fraction of sp³-hybridized carbons (Fsp3) is 0.618. The number of ether oxygens (including phenoxy) is 4. The maximum atomic E-state index is 14.5. The van der Waals surface area contributed by atoms with Crippen molar-refractivity contribution in [2.45, 2.75) is 159 Å². The van der Waals surface area contributed by atoms with E-state index in [4.69, 9.17) is 28.9 Å². The lowest BCUT2D eigenvalue weighted by Gasteiger charge is -2.59. The Kier molecular flexibility index (Phi) is 21.8. The van der Waals surface area contributed by atoms with Crippen molar-refractivity contribution in [3.63, 3.8) is 0 Å². The van der Waals surface area contributed by atoms with Gasteiger partial charge in [-0.2, -0.15) is 0 Å². The summed E-state index contributed by atoms with van der Waals surface area (Å²) in [5.74, 6) is -1.83. The molecule has 2 aliphatic carbocycles. The topological polar surface area (TPSA) is 192 Å². The number of hydrogen-bond donors (Lipinski definition) is 3. The molecule has 2 amide bonds. The highest BCUT2D eigenvalue weighted by Crippen LogP contribution is 2.62. The first-order chi connectivity index (χ1) is 34.1. The van der Waals surface area contributed by atoms with Crippen molar-refractivity contribution in [2.24, 2.45) is 22.9 Å². The molecule has 3 N–H and O–H groups in total. The Bertz CT molecular complexity index is 2090. The summed E-state index contributed by atoms with van der Waals surface area (Å²) in [6, 6.07) is 10.6. The number of aliphatic hydroxyl groups is 2. The number of nitrogens with one attached hydrogen (secondary N) is 1. The number of amides is 2. The number of fused-ring (bicyclic) bond motifs is 2. The fourth-order valence-corrected chi connectivity index (χ4v) is 10.8. The Morgan fingerprint density at radius 1 is 0.957 bits per heavy atom. The number of carbonyl (C=O) groups is 2. The molecule has 2 aliphatic heterocycles. The summed E-state index contributed by atoms with van der Waals surface area (Å²) < 4.78 is 26.2. The van der Waals surface area contributed by atoms with Gasteiger partial charge in [0.2, 0.25) is 18.0 Å². The molecular weight excluding hydrogens is 893 g/mol. The highest BCUT2D eigenvalue weighted by atomic mass is 16.8. The Morgan fingerprint density at radius 3 is 2.34 bits per heavy atom. The molecule has 15 heteroatoms. The largest absolute Gasteiger partial charge is 0.459 e. The fourth-order valence-electron chi connectivity index (χ4n) is 10.8. The van der Waals surface area contributed by atoms with Crippen LogP contribution in [0.15, 0.2) is 78.0 Å². The van der Waals surface area contributed by atoms with E-state index in [1.54, 1.807) is 42.3 Å². The number of non-ortho nitro benzene ring substituents is 1. The van der Waals surface area contributed by atoms with Crippen LogP contribution in [0.5, 0.6) is 11.5 Å². The summed E-state index contributed by atoms with van der Waals surface area (Å²) in [5, 5.41) is 39.1. The van der Waals surface area contributed by atoms with Crippen LogP contribution in [0.2, 0.25) is 0 Å². The first-order valence-corrected chi connectivity index (χ1v) is 26.1. The summed E-state index contributed by atoms with van der Waals surface area (Å²) in [6.07, 6.45) is 25.0. The van der Waals surface area contributed by atoms with Gasteiger partial charge < -0.3 is 44.2 Å². The van der Waals surface area contributed by atoms with Crippen LogP contribution in [0, 0.1) is 27.9 Å². The van der Waals surface area contributed by atoms with Gasteiger partial charge >= 0.3 is 6.09 Å². The number of allylic oxidation sites excluding steroid dienone is 1. The lowest BCUT2D eigenvalue weighted by atomic mass is 9.55. The second-order valence-electron chi connectivity index (χ2n) is 19.3. The first-order valence-electron chi connectivity index (χ1n) is 26.1. The van der Waals surface area contributed by atoms with Crippen molar-refractivity contribution in [3.8, 4) is 11.5 Å². The monoisotopic (exact) mass is 971 g/mol. The van der Waals surface area contributed by atoms with E-state index in [0.29, 0.717) is 55.2 Å². The molecule has 2 heterocycles. The van der Waals surface area contributed by atoms with E-state index in [1.165, 1.54) is 63.2 Å². The third kappa shape index (κ3) is 14.5. The predicted octanol–water partition coefficient (Wildman–Crippen LogP) is 10.9. The molecule has 2 aromatic rings. The molecule has 15 nitrogen and oxygen atoms in total. The van der Waals surface area contributed by atoms with E-state index in [0.717, 1.165) is 68.9 Å². The minimum Gasteiger partial charge on any atom is -0.459 e. The van der Waals surface area contributed by atoms with Gasteiger partial charge in [0.25, 0.3) is 5.69 Å². The highest BCUT2D eigenvalue weighted by molar-refractivity contribution is 6.03. The van der Waals surface area contributed by atoms with E-state index >= 15 is 0 Å². The maximum absolute atomic E-state index is 14.5. The van der Waals surface area contributed by atoms with E-state index in [9.17, 15) is 29.9 Å². The smallest absolute Gasteiger partial charge is 0.412 e. The summed E-state index contributed by atoms with van der Waals surface area (Å²) in [4.78, 5) is 46.5. The van der Waals surface area contributed by atoms with Crippen LogP contribution in [-0.2, 0) is 19.1 Å². The molecule has 70 heavy (non-hydrogen) atoms. The van der Waals surface area contributed by atoms with E-state index in [1.807, 2.05) is 12.1 Å². The van der Waals surface area contributed by atoms with Crippen molar-refractivity contribution < 1.29 is 48.5 Å². The number of oxime groups is 1. The zero-order chi connectivity index (χ0) is 49.7. The lowest BCUT2D eigenvalue weighted by Crippen LogP contribution is -2.69. The molecule has 0 radical (unpaired) electrons. The van der Waals surface area contributed by atoms with Crippen LogP contribution in [-0.4, -0.2) is 95.9 Å². The number of unbranched alkanes of at least 4 members (excludes halogenated alkanes) is 11. The van der Waals surface area contributed by atoms with Gasteiger partial charge in [-0.25, -0.2) is 4.79 Å². The first kappa shape index (κ1) is 54.2. The van der Waals surface area contributed by atoms with Gasteiger partial charge in [-0.3, -0.25) is 14.9 Å². The van der Waals surface area contributed by atoms with E-state index < -0.39 is 35.1 Å². The molecule has 2 aromatic carbocycles. The number of benzene rings is 2. The summed E-state index contributed by atoms with van der Waals surface area (Å²) in [5.41, 5.74) is 2.91. The van der Waals surface area contributed by atoms with Crippen molar-refractivity contribution in [3.05, 3.63) is 94.1 Å². The zero-order valence-corrected chi connectivity index (χ0v) is 41.6. The average Bonchev–Trinajstić information content (AvgIpc) is 3.37. The number of aliphatic hydroxyl groups excluding tert-OH is 2. The Morgan fingerprint density at radius 2 is 1.67 bits per heavy atom. The third-order valence-corrected chi connectivity index (χ3v) is 14.4. The van der Waals surface area contributed by atoms with Gasteiger partial charge in [0.15, 0.2) is 0 Å². The Hall–Kier alpha value is -5.09. The molecule has 1 saturated heterocycles. The molecule has 0 aromatic heterocycles. The number of likely N-dealkylation sites (N-methyl/N-ethyl adjacent to an activating group) is 1. The van der Waals surface area contributed by atoms with Crippen LogP contribution in [0.1, 0.15) is 152 Å². The zero-order valence-electron chi connectivity index (χ0n) is 41.6. The van der Waals surface area contributed by atoms with Crippen LogP contribution in [0.4, 0.5) is 10.5 Å². The standard InChI is InChI=1S/C55H78N4O11/c1-4-6-7-8-9-10-11-12-13-17-32-56-54(63)68-43-29-30-48-46(38-43)52-44(22-15-19-34-61)41(21-14-18-33-60)37-45-47(57-70-51-23-16-20-36-66-51)39-49(55(69-48,53(45)52)67-35-5-2)58(3)50(62)31-26-40-24-27-42(28-25-40)59(64)65/h5,24-31,37-38,41,44,49,51-53,60-61H,2,4,6-23,32-36,39H2,1,3H3,(H,56,63)/t41-,44+,49-,51?,52+,53+,55+/m0/s1. The number of carbonyl (C=O) groups excluding carboxylic acids is 2. The molecule has 1 unspecified atom stereocenters. The van der Waals surface area contributed by atoms with Crippen molar-refractivity contribution in [2.75, 3.05) is 40.0 Å². The van der Waals surface area contributed by atoms with Crippen LogP contribution in [0.25, 0.3) is 6.08 Å². The van der Waals surface area contributed by atoms with Crippen molar-refractivity contribution >= 4 is 29.5 Å². The molecule has 6 rings (SSSR count). The predicted molar refractivity (Wildman–Crippen MR) is 270 cm³/mol. The summed E-state index contributed by atoms with van der Waals surface area (Å²) in [7, 11) is 1.71. The molecule has 384 valence electrons. The molecule has 7 atom stereocenters. The molecule has 0 bridgehead atoms. The SMILES string of the molecule is C=CCO[C@@]12Oc3ccc(OC(=O)NCCCCCCCCCCCC)cc3[C@H]3[C@H](CCCCO)[C@@H](CCCCO)C=C(C(=NOC4CCCCO4)C[C@@H]1N(C)C(=O)C=Cc1ccc([N+](=O)[O-])cc1)[C@H]32. The van der Waals surface area contributed by atoms with Crippen molar-refractivity contribution in [1.29, 1.82) is 0 Å². The summed E-state index contributed by atoms with van der Waals surface area (Å²) >= 11 is 0. The molecule has 4 aliphatic rings. The minimum atomic E-state index is -1.48. The number of hydrogen-bond acceptors (Lipinski definition) is 12. The van der Waals surface area contributed by atoms with E-state index in [-0.39, 0.29) is 55.6 Å². The van der Waals surface area contributed by atoms with Crippen molar-refractivity contribution in [1.82, 2.24) is 10.2 Å². The number of nitro groups is 1. The second kappa shape index (κ2) is 28.1. The Labute approximate surface area is 414 Å². The van der Waals surface area contributed by atoms with Crippen LogP contribution >= 0.6 is 0 Å². The van der Waals surface area contributed by atoms with Gasteiger partial charge in [-0.15, -0.1) is 6.58 Å². The average molecular weight is 971 g/mol. The molecule has 2 fully saturated rings.